The number of nitrogens with one attached hydrogen (secondary N) is 3. The van der Waals surface area contributed by atoms with Gasteiger partial charge < -0.3 is 15.0 Å². The van der Waals surface area contributed by atoms with Gasteiger partial charge in [0.15, 0.2) is 6.04 Å². The van der Waals surface area contributed by atoms with E-state index in [0.29, 0.717) is 6.54 Å². The van der Waals surface area contributed by atoms with Gasteiger partial charge in [0.2, 0.25) is 0 Å². The van der Waals surface area contributed by atoms with Gasteiger partial charge in [-0.1, -0.05) is 18.2 Å². The molecule has 1 amide bonds. The maximum Gasteiger partial charge on any atom is 0.278 e. The molecule has 26 heavy (non-hydrogen) atoms. The number of piperazine rings is 1. The minimum Gasteiger partial charge on any atom is -0.497 e. The SMILES string of the molecule is COc1ccc(CNC(=O)[C@H](C)[NH+]2CCN(c3cccc[nH+]3)CC2)cc1. The van der Waals surface area contributed by atoms with Crippen LogP contribution in [0.25, 0.3) is 0 Å². The van der Waals surface area contributed by atoms with Gasteiger partial charge in [0, 0.05) is 12.6 Å². The van der Waals surface area contributed by atoms with Crippen LogP contribution in [0.2, 0.25) is 0 Å². The Morgan fingerprint density at radius 2 is 1.96 bits per heavy atom. The van der Waals surface area contributed by atoms with Crippen LogP contribution in [0.5, 0.6) is 5.75 Å². The molecule has 1 fully saturated rings. The normalized spacial score (nSPS) is 16.2. The quantitative estimate of drug-likeness (QED) is 0.761. The van der Waals surface area contributed by atoms with Crippen LogP contribution >= 0.6 is 0 Å². The first-order valence-corrected chi connectivity index (χ1v) is 9.14. The standard InChI is InChI=1S/C20H26N4O2/c1-16(20(25)22-15-17-6-8-18(26-2)9-7-17)23-11-13-24(14-12-23)19-5-3-4-10-21-19/h3-10,16H,11-15H2,1-2H3,(H,22,25)/p+2/t16-/m0/s1. The van der Waals surface area contributed by atoms with Crippen LogP contribution in [0, 0.1) is 0 Å². The van der Waals surface area contributed by atoms with Gasteiger partial charge in [-0.3, -0.25) is 9.69 Å². The topological polar surface area (TPSA) is 60.1 Å². The number of carbonyl (C=O) groups is 1. The third-order valence-electron chi connectivity index (χ3n) is 5.07. The lowest BCUT2D eigenvalue weighted by Crippen LogP contribution is -3.19. The number of aromatic amines is 1. The molecule has 2 aromatic rings. The van der Waals surface area contributed by atoms with Crippen molar-refractivity contribution >= 4 is 11.7 Å². The van der Waals surface area contributed by atoms with E-state index in [2.05, 4.69) is 21.3 Å². The Morgan fingerprint density at radius 1 is 1.23 bits per heavy atom. The van der Waals surface area contributed by atoms with Crippen LogP contribution in [-0.2, 0) is 11.3 Å². The molecule has 138 valence electrons. The van der Waals surface area contributed by atoms with Crippen molar-refractivity contribution in [2.75, 3.05) is 38.2 Å². The molecule has 1 aromatic heterocycles. The summed E-state index contributed by atoms with van der Waals surface area (Å²) >= 11 is 0. The second kappa shape index (κ2) is 8.67. The Morgan fingerprint density at radius 3 is 2.58 bits per heavy atom. The molecule has 6 heteroatoms. The number of quaternary nitrogens is 1. The fourth-order valence-corrected chi connectivity index (χ4v) is 3.32. The molecule has 3 rings (SSSR count). The summed E-state index contributed by atoms with van der Waals surface area (Å²) in [7, 11) is 1.65. The molecule has 1 aliphatic heterocycles. The van der Waals surface area contributed by atoms with Crippen molar-refractivity contribution in [1.82, 2.24) is 5.32 Å². The first-order chi connectivity index (χ1) is 12.7. The summed E-state index contributed by atoms with van der Waals surface area (Å²) in [6.07, 6.45) is 1.95. The zero-order valence-corrected chi connectivity index (χ0v) is 15.5. The maximum atomic E-state index is 12.5. The third-order valence-corrected chi connectivity index (χ3v) is 5.07. The first kappa shape index (κ1) is 18.2. The van der Waals surface area contributed by atoms with E-state index in [1.54, 1.807) is 7.11 Å². The first-order valence-electron chi connectivity index (χ1n) is 9.14. The lowest BCUT2D eigenvalue weighted by atomic mass is 10.2. The van der Waals surface area contributed by atoms with Crippen LogP contribution in [0.1, 0.15) is 12.5 Å². The number of carbonyl (C=O) groups excluding carboxylic acids is 1. The molecular weight excluding hydrogens is 328 g/mol. The van der Waals surface area contributed by atoms with Crippen LogP contribution in [0.4, 0.5) is 5.82 Å². The zero-order chi connectivity index (χ0) is 18.4. The van der Waals surface area contributed by atoms with Gasteiger partial charge >= 0.3 is 0 Å². The lowest BCUT2D eigenvalue weighted by Gasteiger charge is -2.31. The Labute approximate surface area is 154 Å². The lowest BCUT2D eigenvalue weighted by molar-refractivity contribution is -0.914. The van der Waals surface area contributed by atoms with E-state index in [1.165, 1.54) is 4.90 Å². The Balaban J connectivity index is 1.46. The molecular formula is C20H28N4O2+2. The van der Waals surface area contributed by atoms with Gasteiger partial charge in [-0.25, -0.2) is 4.98 Å². The third kappa shape index (κ3) is 4.52. The van der Waals surface area contributed by atoms with E-state index >= 15 is 0 Å². The molecule has 0 aliphatic carbocycles. The van der Waals surface area contributed by atoms with Crippen molar-refractivity contribution in [3.63, 3.8) is 0 Å². The highest BCUT2D eigenvalue weighted by molar-refractivity contribution is 5.79. The van der Waals surface area contributed by atoms with E-state index in [1.807, 2.05) is 49.5 Å². The monoisotopic (exact) mass is 356 g/mol. The number of ether oxygens (including phenoxy) is 1. The van der Waals surface area contributed by atoms with E-state index < -0.39 is 0 Å². The number of amides is 1. The van der Waals surface area contributed by atoms with Crippen LogP contribution in [-0.4, -0.2) is 45.2 Å². The van der Waals surface area contributed by atoms with Crippen LogP contribution in [0.15, 0.2) is 48.7 Å². The van der Waals surface area contributed by atoms with Gasteiger partial charge in [-0.2, -0.15) is 0 Å². The molecule has 2 heterocycles. The number of anilines is 1. The highest BCUT2D eigenvalue weighted by atomic mass is 16.5. The Bertz CT molecular complexity index is 698. The van der Waals surface area contributed by atoms with E-state index in [9.17, 15) is 4.79 Å². The zero-order valence-electron chi connectivity index (χ0n) is 15.5. The predicted molar refractivity (Wildman–Crippen MR) is 100 cm³/mol. The molecule has 6 nitrogen and oxygen atoms in total. The molecule has 0 bridgehead atoms. The average Bonchev–Trinajstić information content (AvgIpc) is 2.72. The molecule has 3 N–H and O–H groups in total. The smallest absolute Gasteiger partial charge is 0.278 e. The van der Waals surface area contributed by atoms with Crippen LogP contribution < -0.4 is 24.8 Å². The number of methoxy groups -OCH3 is 1. The molecule has 0 unspecified atom stereocenters. The van der Waals surface area contributed by atoms with Gasteiger partial charge in [0.25, 0.3) is 11.7 Å². The van der Waals surface area contributed by atoms with Gasteiger partial charge in [0.1, 0.15) is 31.9 Å². The predicted octanol–water partition coefficient (Wildman–Crippen LogP) is -0.0809. The summed E-state index contributed by atoms with van der Waals surface area (Å²) in [4.78, 5) is 19.5. The van der Waals surface area contributed by atoms with Crippen molar-refractivity contribution in [2.45, 2.75) is 19.5 Å². The molecule has 1 atom stereocenters. The molecule has 1 aliphatic rings. The Hall–Kier alpha value is -2.60. The Kier molecular flexibility index (Phi) is 6.07. The fourth-order valence-electron chi connectivity index (χ4n) is 3.32. The van der Waals surface area contributed by atoms with Crippen molar-refractivity contribution in [3.05, 3.63) is 54.2 Å². The number of rotatable bonds is 6. The summed E-state index contributed by atoms with van der Waals surface area (Å²) in [6.45, 7) is 6.38. The number of hydrogen-bond acceptors (Lipinski definition) is 3. The largest absolute Gasteiger partial charge is 0.497 e. The summed E-state index contributed by atoms with van der Waals surface area (Å²) < 4.78 is 5.16. The van der Waals surface area contributed by atoms with Gasteiger partial charge in [0.05, 0.1) is 13.3 Å². The number of benzene rings is 1. The number of pyridine rings is 1. The summed E-state index contributed by atoms with van der Waals surface area (Å²) in [5.41, 5.74) is 1.07. The second-order valence-corrected chi connectivity index (χ2v) is 6.68. The number of aromatic nitrogens is 1. The van der Waals surface area contributed by atoms with Crippen molar-refractivity contribution < 1.29 is 19.4 Å². The highest BCUT2D eigenvalue weighted by Gasteiger charge is 2.32. The minimum absolute atomic E-state index is 0.0462. The van der Waals surface area contributed by atoms with E-state index in [4.69, 9.17) is 4.74 Å². The number of H-pyrrole nitrogens is 1. The summed E-state index contributed by atoms with van der Waals surface area (Å²) in [5.74, 6) is 2.07. The average molecular weight is 356 g/mol. The summed E-state index contributed by atoms with van der Waals surface area (Å²) in [6, 6.07) is 13.9. The van der Waals surface area contributed by atoms with E-state index in [-0.39, 0.29) is 11.9 Å². The molecule has 1 aromatic carbocycles. The number of nitrogens with zero attached hydrogens (tertiary/aromatic N) is 1. The number of hydrogen-bond donors (Lipinski definition) is 2. The highest BCUT2D eigenvalue weighted by Crippen LogP contribution is 2.11. The van der Waals surface area contributed by atoms with Gasteiger partial charge in [-0.05, 0) is 30.7 Å². The fraction of sp³-hybridized carbons (Fsp3) is 0.400. The molecule has 0 spiro atoms. The molecule has 1 saturated heterocycles. The van der Waals surface area contributed by atoms with Crippen molar-refractivity contribution in [1.29, 1.82) is 0 Å². The van der Waals surface area contributed by atoms with Crippen molar-refractivity contribution in [2.24, 2.45) is 0 Å². The summed E-state index contributed by atoms with van der Waals surface area (Å²) in [5, 5.41) is 3.06. The molecule has 0 radical (unpaired) electrons. The molecule has 0 saturated carbocycles. The van der Waals surface area contributed by atoms with E-state index in [0.717, 1.165) is 43.3 Å². The second-order valence-electron chi connectivity index (χ2n) is 6.68. The van der Waals surface area contributed by atoms with Crippen LogP contribution in [0.3, 0.4) is 0 Å². The van der Waals surface area contributed by atoms with Crippen molar-refractivity contribution in [3.8, 4) is 5.75 Å². The maximum absolute atomic E-state index is 12.5. The minimum atomic E-state index is -0.0462. The van der Waals surface area contributed by atoms with Gasteiger partial charge in [-0.15, -0.1) is 0 Å².